The van der Waals surface area contributed by atoms with Gasteiger partial charge in [0.2, 0.25) is 0 Å². The first-order chi connectivity index (χ1) is 7.97. The zero-order chi connectivity index (χ0) is 13.0. The van der Waals surface area contributed by atoms with Gasteiger partial charge in [-0.15, -0.1) is 11.6 Å². The number of alkyl halides is 1. The fraction of sp³-hybridized carbons (Fsp3) is 0.333. The van der Waals surface area contributed by atoms with E-state index in [4.69, 9.17) is 27.9 Å². The number of Topliss-reactive ketones (excluding diaryl/α,β-unsaturated/α-hetero) is 1. The Hall–Kier alpha value is -1.06. The minimum atomic E-state index is -0.721. The standard InChI is InChI=1S/C12H12Cl2O3/c1-3-17-12(16)9-5-4-8(14)6-10(9)11(15)7(2)13/h4-7H,3H2,1-2H3. The van der Waals surface area contributed by atoms with Crippen molar-refractivity contribution >= 4 is 35.0 Å². The normalized spacial score (nSPS) is 12.0. The lowest BCUT2D eigenvalue weighted by molar-refractivity contribution is 0.0523. The van der Waals surface area contributed by atoms with E-state index in [0.29, 0.717) is 5.02 Å². The molecule has 92 valence electrons. The topological polar surface area (TPSA) is 43.4 Å². The predicted octanol–water partition coefficient (Wildman–Crippen LogP) is 3.33. The van der Waals surface area contributed by atoms with Crippen molar-refractivity contribution in [1.29, 1.82) is 0 Å². The van der Waals surface area contributed by atoms with Gasteiger partial charge in [0, 0.05) is 10.6 Å². The minimum Gasteiger partial charge on any atom is -0.462 e. The third-order valence-electron chi connectivity index (χ3n) is 2.10. The summed E-state index contributed by atoms with van der Waals surface area (Å²) in [5.74, 6) is -0.901. The minimum absolute atomic E-state index is 0.189. The first-order valence-electron chi connectivity index (χ1n) is 5.12. The zero-order valence-electron chi connectivity index (χ0n) is 9.50. The van der Waals surface area contributed by atoms with Crippen molar-refractivity contribution in [2.24, 2.45) is 0 Å². The van der Waals surface area contributed by atoms with Gasteiger partial charge in [0.05, 0.1) is 17.5 Å². The summed E-state index contributed by atoms with van der Waals surface area (Å²) in [6, 6.07) is 4.42. The van der Waals surface area contributed by atoms with E-state index in [0.717, 1.165) is 0 Å². The number of hydrogen-bond donors (Lipinski definition) is 0. The van der Waals surface area contributed by atoms with Crippen LogP contribution >= 0.6 is 23.2 Å². The Kier molecular flexibility index (Phi) is 4.97. The molecule has 0 heterocycles. The quantitative estimate of drug-likeness (QED) is 0.481. The fourth-order valence-electron chi connectivity index (χ4n) is 1.32. The third-order valence-corrected chi connectivity index (χ3v) is 2.54. The molecule has 0 bridgehead atoms. The van der Waals surface area contributed by atoms with Gasteiger partial charge in [0.25, 0.3) is 0 Å². The molecule has 1 rings (SSSR count). The number of carbonyl (C=O) groups is 2. The molecule has 0 radical (unpaired) electrons. The van der Waals surface area contributed by atoms with Gasteiger partial charge in [0.1, 0.15) is 0 Å². The lowest BCUT2D eigenvalue weighted by Crippen LogP contribution is -2.17. The van der Waals surface area contributed by atoms with Crippen LogP contribution in [0.2, 0.25) is 5.02 Å². The van der Waals surface area contributed by atoms with Gasteiger partial charge in [-0.25, -0.2) is 4.79 Å². The smallest absolute Gasteiger partial charge is 0.338 e. The first-order valence-corrected chi connectivity index (χ1v) is 5.93. The summed E-state index contributed by atoms with van der Waals surface area (Å²) < 4.78 is 4.86. The molecule has 0 N–H and O–H groups in total. The molecule has 1 unspecified atom stereocenters. The average Bonchev–Trinajstić information content (AvgIpc) is 2.28. The van der Waals surface area contributed by atoms with E-state index in [1.54, 1.807) is 13.8 Å². The maximum Gasteiger partial charge on any atom is 0.338 e. The highest BCUT2D eigenvalue weighted by atomic mass is 35.5. The largest absolute Gasteiger partial charge is 0.462 e. The Labute approximate surface area is 110 Å². The molecule has 0 saturated heterocycles. The van der Waals surface area contributed by atoms with E-state index in [1.807, 2.05) is 0 Å². The van der Waals surface area contributed by atoms with Gasteiger partial charge in [-0.05, 0) is 32.0 Å². The Bertz CT molecular complexity index is 441. The second-order valence-electron chi connectivity index (χ2n) is 3.39. The van der Waals surface area contributed by atoms with Crippen molar-refractivity contribution in [2.45, 2.75) is 19.2 Å². The lowest BCUT2D eigenvalue weighted by atomic mass is 10.0. The summed E-state index contributed by atoms with van der Waals surface area (Å²) in [5.41, 5.74) is 0.382. The van der Waals surface area contributed by atoms with Gasteiger partial charge >= 0.3 is 5.97 Å². The molecular formula is C12H12Cl2O3. The predicted molar refractivity (Wildman–Crippen MR) is 67.1 cm³/mol. The molecule has 0 aliphatic heterocycles. The van der Waals surface area contributed by atoms with E-state index < -0.39 is 11.3 Å². The number of ether oxygens (including phenoxy) is 1. The van der Waals surface area contributed by atoms with Crippen LogP contribution in [0.3, 0.4) is 0 Å². The van der Waals surface area contributed by atoms with Crippen molar-refractivity contribution in [3.8, 4) is 0 Å². The molecule has 0 amide bonds. The number of ketones is 1. The van der Waals surface area contributed by atoms with Gasteiger partial charge in [0.15, 0.2) is 5.78 Å². The number of hydrogen-bond acceptors (Lipinski definition) is 3. The van der Waals surface area contributed by atoms with Crippen LogP contribution in [-0.4, -0.2) is 23.7 Å². The average molecular weight is 275 g/mol. The maximum atomic E-state index is 11.8. The molecule has 0 aromatic heterocycles. The highest BCUT2D eigenvalue weighted by Gasteiger charge is 2.21. The monoisotopic (exact) mass is 274 g/mol. The molecular weight excluding hydrogens is 263 g/mol. The Morgan fingerprint density at radius 3 is 2.53 bits per heavy atom. The molecule has 1 atom stereocenters. The summed E-state index contributed by atoms with van der Waals surface area (Å²) >= 11 is 11.5. The van der Waals surface area contributed by atoms with Crippen LogP contribution in [0.5, 0.6) is 0 Å². The molecule has 3 nitrogen and oxygen atoms in total. The third kappa shape index (κ3) is 3.45. The van der Waals surface area contributed by atoms with Gasteiger partial charge in [-0.3, -0.25) is 4.79 Å². The fourth-order valence-corrected chi connectivity index (χ4v) is 1.61. The summed E-state index contributed by atoms with van der Waals surface area (Å²) in [6.07, 6.45) is 0. The number of carbonyl (C=O) groups excluding carboxylic acids is 2. The van der Waals surface area contributed by atoms with Gasteiger partial charge in [-0.1, -0.05) is 11.6 Å². The van der Waals surface area contributed by atoms with Crippen LogP contribution < -0.4 is 0 Å². The second-order valence-corrected chi connectivity index (χ2v) is 4.48. The Morgan fingerprint density at radius 1 is 1.35 bits per heavy atom. The molecule has 0 aliphatic rings. The van der Waals surface area contributed by atoms with Crippen molar-refractivity contribution in [1.82, 2.24) is 0 Å². The van der Waals surface area contributed by atoms with E-state index >= 15 is 0 Å². The van der Waals surface area contributed by atoms with Crippen molar-refractivity contribution in [2.75, 3.05) is 6.61 Å². The van der Waals surface area contributed by atoms with Crippen LogP contribution in [0, 0.1) is 0 Å². The summed E-state index contributed by atoms with van der Waals surface area (Å²) in [6.45, 7) is 3.48. The van der Waals surface area contributed by atoms with Gasteiger partial charge in [-0.2, -0.15) is 0 Å². The van der Waals surface area contributed by atoms with Crippen LogP contribution in [0.15, 0.2) is 18.2 Å². The van der Waals surface area contributed by atoms with Crippen molar-refractivity contribution in [3.63, 3.8) is 0 Å². The molecule has 0 fully saturated rings. The molecule has 1 aromatic carbocycles. The number of esters is 1. The van der Waals surface area contributed by atoms with E-state index in [9.17, 15) is 9.59 Å². The summed E-state index contributed by atoms with van der Waals surface area (Å²) in [7, 11) is 0. The second kappa shape index (κ2) is 6.03. The Balaban J connectivity index is 3.21. The molecule has 0 aliphatic carbocycles. The van der Waals surface area contributed by atoms with Gasteiger partial charge < -0.3 is 4.74 Å². The summed E-state index contributed by atoms with van der Waals surface area (Å²) in [4.78, 5) is 23.5. The lowest BCUT2D eigenvalue weighted by Gasteiger charge is -2.09. The first kappa shape index (κ1) is 14.0. The van der Waals surface area contributed by atoms with Crippen LogP contribution in [-0.2, 0) is 4.74 Å². The highest BCUT2D eigenvalue weighted by molar-refractivity contribution is 6.35. The molecule has 0 spiro atoms. The Morgan fingerprint density at radius 2 is 2.00 bits per heavy atom. The number of halogens is 2. The maximum absolute atomic E-state index is 11.8. The van der Waals surface area contributed by atoms with E-state index in [1.165, 1.54) is 18.2 Å². The van der Waals surface area contributed by atoms with Crippen LogP contribution in [0.25, 0.3) is 0 Å². The number of benzene rings is 1. The molecule has 5 heteroatoms. The van der Waals surface area contributed by atoms with Crippen LogP contribution in [0.1, 0.15) is 34.6 Å². The number of rotatable bonds is 4. The zero-order valence-corrected chi connectivity index (χ0v) is 11.0. The van der Waals surface area contributed by atoms with E-state index in [2.05, 4.69) is 0 Å². The summed E-state index contributed by atoms with van der Waals surface area (Å²) in [5, 5.41) is -0.347. The molecule has 0 saturated carbocycles. The molecule has 17 heavy (non-hydrogen) atoms. The highest BCUT2D eigenvalue weighted by Crippen LogP contribution is 2.20. The van der Waals surface area contributed by atoms with Crippen LogP contribution in [0.4, 0.5) is 0 Å². The van der Waals surface area contributed by atoms with Crippen molar-refractivity contribution < 1.29 is 14.3 Å². The van der Waals surface area contributed by atoms with Crippen molar-refractivity contribution in [3.05, 3.63) is 34.3 Å². The SMILES string of the molecule is CCOC(=O)c1ccc(Cl)cc1C(=O)C(C)Cl. The molecule has 1 aromatic rings. The van der Waals surface area contributed by atoms with E-state index in [-0.39, 0.29) is 23.5 Å².